The molecule has 0 saturated carbocycles. The highest BCUT2D eigenvalue weighted by atomic mass is 16.3. The fourth-order valence-electron chi connectivity index (χ4n) is 2.74. The van der Waals surface area contributed by atoms with Crippen LogP contribution >= 0.6 is 0 Å². The molecule has 25 heavy (non-hydrogen) atoms. The van der Waals surface area contributed by atoms with Gasteiger partial charge in [0.05, 0.1) is 6.57 Å². The Labute approximate surface area is 149 Å². The van der Waals surface area contributed by atoms with Gasteiger partial charge in [-0.25, -0.2) is 4.85 Å². The van der Waals surface area contributed by atoms with Gasteiger partial charge in [-0.15, -0.1) is 0 Å². The lowest BCUT2D eigenvalue weighted by Gasteiger charge is -2.26. The fourth-order valence-corrected chi connectivity index (χ4v) is 2.74. The average Bonchev–Trinajstić information content (AvgIpc) is 2.65. The van der Waals surface area contributed by atoms with Crippen LogP contribution in [-0.2, 0) is 10.2 Å². The summed E-state index contributed by atoms with van der Waals surface area (Å²) in [4.78, 5) is 20.2. The maximum absolute atomic E-state index is 12.7. The largest absolute Gasteiger partial charge is 0.396 e. The highest BCUT2D eigenvalue weighted by Gasteiger charge is 2.30. The van der Waals surface area contributed by atoms with Gasteiger partial charge in [0, 0.05) is 30.8 Å². The summed E-state index contributed by atoms with van der Waals surface area (Å²) in [6.45, 7) is 13.0. The molecule has 1 heterocycles. The summed E-state index contributed by atoms with van der Waals surface area (Å²) in [5, 5.41) is 9.34. The molecular formula is C21H24N2O2. The summed E-state index contributed by atoms with van der Waals surface area (Å²) in [7, 11) is 0. The number of aromatic nitrogens is 1. The van der Waals surface area contributed by atoms with E-state index in [0.29, 0.717) is 12.1 Å². The Morgan fingerprint density at radius 2 is 1.92 bits per heavy atom. The zero-order valence-electron chi connectivity index (χ0n) is 15.0. The van der Waals surface area contributed by atoms with Gasteiger partial charge in [-0.1, -0.05) is 37.6 Å². The first-order valence-corrected chi connectivity index (χ1v) is 8.50. The summed E-state index contributed by atoms with van der Waals surface area (Å²) in [5.41, 5.74) is 2.70. The van der Waals surface area contributed by atoms with E-state index >= 15 is 0 Å². The van der Waals surface area contributed by atoms with Crippen molar-refractivity contribution >= 4 is 11.5 Å². The fraction of sp³-hybridized carbons (Fsp3) is 0.381. The standard InChI is InChI=1S/C21H24N2O2/c1-5-15(14-24)10-20(25)21(2,3)18-8-6-16(7-9-18)17-11-19(22-4)13-23-12-17/h6-9,11-13,15,24H,5,10,14H2,1-3H3/t15-/m1/s1. The lowest BCUT2D eigenvalue weighted by atomic mass is 9.77. The quantitative estimate of drug-likeness (QED) is 0.754. The number of carbonyl (C=O) groups excluding carboxylic acids is 1. The van der Waals surface area contributed by atoms with Crippen molar-refractivity contribution in [3.63, 3.8) is 0 Å². The molecule has 0 spiro atoms. The number of hydrogen-bond donors (Lipinski definition) is 1. The average molecular weight is 336 g/mol. The molecule has 2 rings (SSSR count). The van der Waals surface area contributed by atoms with Crippen LogP contribution < -0.4 is 0 Å². The van der Waals surface area contributed by atoms with Crippen LogP contribution in [0, 0.1) is 12.5 Å². The van der Waals surface area contributed by atoms with E-state index in [-0.39, 0.29) is 18.3 Å². The molecule has 1 aromatic heterocycles. The van der Waals surface area contributed by atoms with Crippen molar-refractivity contribution in [2.45, 2.75) is 39.0 Å². The van der Waals surface area contributed by atoms with Crippen LogP contribution in [0.2, 0.25) is 0 Å². The first-order valence-electron chi connectivity index (χ1n) is 8.50. The smallest absolute Gasteiger partial charge is 0.205 e. The monoisotopic (exact) mass is 336 g/mol. The molecule has 1 aromatic carbocycles. The highest BCUT2D eigenvalue weighted by molar-refractivity contribution is 5.89. The third-order valence-corrected chi connectivity index (χ3v) is 4.80. The van der Waals surface area contributed by atoms with Gasteiger partial charge in [0.15, 0.2) is 0 Å². The first kappa shape index (κ1) is 18.8. The third-order valence-electron chi connectivity index (χ3n) is 4.80. The second kappa shape index (κ2) is 8.04. The minimum atomic E-state index is -0.599. The molecule has 0 saturated heterocycles. The van der Waals surface area contributed by atoms with Gasteiger partial charge in [-0.05, 0) is 42.5 Å². The molecule has 1 N–H and O–H groups in total. The van der Waals surface area contributed by atoms with E-state index in [0.717, 1.165) is 23.1 Å². The second-order valence-electron chi connectivity index (χ2n) is 6.83. The Hall–Kier alpha value is -2.51. The van der Waals surface area contributed by atoms with E-state index in [9.17, 15) is 9.90 Å². The number of aliphatic hydroxyl groups is 1. The van der Waals surface area contributed by atoms with E-state index in [1.54, 1.807) is 12.3 Å². The number of rotatable bonds is 7. The van der Waals surface area contributed by atoms with Crippen LogP contribution in [0.25, 0.3) is 16.0 Å². The van der Waals surface area contributed by atoms with Crippen molar-refractivity contribution in [1.29, 1.82) is 0 Å². The SMILES string of the molecule is [C-]#[N+]c1cncc(-c2ccc(C(C)(C)C(=O)C[C@@H](CC)CO)cc2)c1. The lowest BCUT2D eigenvalue weighted by Crippen LogP contribution is -2.31. The Balaban J connectivity index is 2.23. The summed E-state index contributed by atoms with van der Waals surface area (Å²) in [6.07, 6.45) is 4.45. The van der Waals surface area contributed by atoms with Crippen LogP contribution in [0.1, 0.15) is 39.2 Å². The van der Waals surface area contributed by atoms with Gasteiger partial charge < -0.3 is 5.11 Å². The molecule has 1 atom stereocenters. The van der Waals surface area contributed by atoms with Gasteiger partial charge in [0.25, 0.3) is 0 Å². The number of ketones is 1. The Bertz CT molecular complexity index is 769. The molecule has 0 aliphatic carbocycles. The lowest BCUT2D eigenvalue weighted by molar-refractivity contribution is -0.124. The molecule has 0 radical (unpaired) electrons. The molecule has 0 aliphatic heterocycles. The van der Waals surface area contributed by atoms with Crippen molar-refractivity contribution in [2.24, 2.45) is 5.92 Å². The maximum Gasteiger partial charge on any atom is 0.205 e. The number of benzene rings is 1. The topological polar surface area (TPSA) is 54.5 Å². The molecule has 0 unspecified atom stereocenters. The van der Waals surface area contributed by atoms with E-state index in [1.807, 2.05) is 45.0 Å². The van der Waals surface area contributed by atoms with Crippen molar-refractivity contribution in [1.82, 2.24) is 4.98 Å². The van der Waals surface area contributed by atoms with E-state index < -0.39 is 5.41 Å². The number of hydrogen-bond acceptors (Lipinski definition) is 3. The van der Waals surface area contributed by atoms with E-state index in [1.165, 1.54) is 6.20 Å². The number of Topliss-reactive ketones (excluding diaryl/α,β-unsaturated/α-hetero) is 1. The van der Waals surface area contributed by atoms with Crippen molar-refractivity contribution in [3.8, 4) is 11.1 Å². The predicted octanol–water partition coefficient (Wildman–Crippen LogP) is 4.55. The highest BCUT2D eigenvalue weighted by Crippen LogP contribution is 2.30. The summed E-state index contributed by atoms with van der Waals surface area (Å²) >= 11 is 0. The molecule has 2 aromatic rings. The summed E-state index contributed by atoms with van der Waals surface area (Å²) in [6, 6.07) is 9.63. The van der Waals surface area contributed by atoms with Crippen molar-refractivity contribution < 1.29 is 9.90 Å². The zero-order chi connectivity index (χ0) is 18.4. The number of carbonyl (C=O) groups is 1. The summed E-state index contributed by atoms with van der Waals surface area (Å²) in [5.74, 6) is 0.159. The Morgan fingerprint density at radius 3 is 2.48 bits per heavy atom. The molecule has 0 aliphatic rings. The molecular weight excluding hydrogens is 312 g/mol. The second-order valence-corrected chi connectivity index (χ2v) is 6.83. The molecule has 4 heteroatoms. The first-order chi connectivity index (χ1) is 11.9. The minimum Gasteiger partial charge on any atom is -0.396 e. The zero-order valence-corrected chi connectivity index (χ0v) is 15.0. The predicted molar refractivity (Wildman–Crippen MR) is 99.5 cm³/mol. The van der Waals surface area contributed by atoms with Gasteiger partial charge >= 0.3 is 0 Å². The number of nitrogens with zero attached hydrogens (tertiary/aromatic N) is 2. The Morgan fingerprint density at radius 1 is 1.24 bits per heavy atom. The van der Waals surface area contributed by atoms with Gasteiger partial charge in [-0.2, -0.15) is 0 Å². The van der Waals surface area contributed by atoms with Crippen LogP contribution in [0.15, 0.2) is 42.7 Å². The summed E-state index contributed by atoms with van der Waals surface area (Å²) < 4.78 is 0. The van der Waals surface area contributed by atoms with Gasteiger partial charge in [-0.3, -0.25) is 9.78 Å². The molecule has 0 bridgehead atoms. The van der Waals surface area contributed by atoms with Crippen LogP contribution in [-0.4, -0.2) is 22.5 Å². The van der Waals surface area contributed by atoms with Gasteiger partial charge in [0.2, 0.25) is 5.69 Å². The van der Waals surface area contributed by atoms with Crippen molar-refractivity contribution in [3.05, 3.63) is 59.7 Å². The third kappa shape index (κ3) is 4.32. The maximum atomic E-state index is 12.7. The van der Waals surface area contributed by atoms with Crippen LogP contribution in [0.5, 0.6) is 0 Å². The normalized spacial score (nSPS) is 12.4. The van der Waals surface area contributed by atoms with E-state index in [4.69, 9.17) is 6.57 Å². The molecule has 0 amide bonds. The van der Waals surface area contributed by atoms with E-state index in [2.05, 4.69) is 9.83 Å². The number of aliphatic hydroxyl groups excluding tert-OH is 1. The molecule has 4 nitrogen and oxygen atoms in total. The Kier molecular flexibility index (Phi) is 6.06. The van der Waals surface area contributed by atoms with Crippen molar-refractivity contribution in [2.75, 3.05) is 6.61 Å². The van der Waals surface area contributed by atoms with Crippen LogP contribution in [0.3, 0.4) is 0 Å². The van der Waals surface area contributed by atoms with Gasteiger partial charge in [0.1, 0.15) is 5.78 Å². The molecule has 130 valence electrons. The number of pyridine rings is 1. The minimum absolute atomic E-state index is 0.0217. The molecule has 0 fully saturated rings. The van der Waals surface area contributed by atoms with Crippen LogP contribution in [0.4, 0.5) is 5.69 Å².